The second kappa shape index (κ2) is 8.23. The van der Waals surface area contributed by atoms with Crippen molar-refractivity contribution in [3.8, 4) is 0 Å². The van der Waals surface area contributed by atoms with Crippen LogP contribution in [0.4, 0.5) is 11.6 Å². The van der Waals surface area contributed by atoms with Gasteiger partial charge < -0.3 is 15.0 Å². The zero-order valence-corrected chi connectivity index (χ0v) is 15.5. The van der Waals surface area contributed by atoms with Gasteiger partial charge in [0, 0.05) is 44.1 Å². The highest BCUT2D eigenvalue weighted by molar-refractivity contribution is 5.77. The molecule has 0 unspecified atom stereocenters. The molecule has 0 spiro atoms. The van der Waals surface area contributed by atoms with Crippen molar-refractivity contribution in [2.45, 2.75) is 32.6 Å². The predicted octanol–water partition coefficient (Wildman–Crippen LogP) is 2.58. The zero-order chi connectivity index (χ0) is 18.5. The van der Waals surface area contributed by atoms with E-state index in [4.69, 9.17) is 9.72 Å². The number of nitrogens with zero attached hydrogens (tertiary/aromatic N) is 4. The number of aryl methyl sites for hydroxylation is 2. The van der Waals surface area contributed by atoms with Gasteiger partial charge in [0.1, 0.15) is 24.1 Å². The quantitative estimate of drug-likeness (QED) is 0.888. The minimum atomic E-state index is 0.0207. The summed E-state index contributed by atoms with van der Waals surface area (Å²) in [7, 11) is 1.54. The molecule has 3 heterocycles. The number of likely N-dealkylation sites (tertiary alicyclic amines) is 1. The summed E-state index contributed by atoms with van der Waals surface area (Å²) in [5.41, 5.74) is 1.95. The number of hydrogen-bond donors (Lipinski definition) is 1. The average molecular weight is 355 g/mol. The molecule has 1 amide bonds. The van der Waals surface area contributed by atoms with E-state index in [0.29, 0.717) is 6.54 Å². The third-order valence-electron chi connectivity index (χ3n) is 4.53. The third-order valence-corrected chi connectivity index (χ3v) is 4.53. The van der Waals surface area contributed by atoms with Gasteiger partial charge in [0.05, 0.1) is 0 Å². The minimum Gasteiger partial charge on any atom is -0.375 e. The van der Waals surface area contributed by atoms with Gasteiger partial charge in [-0.1, -0.05) is 6.07 Å². The average Bonchev–Trinajstić information content (AvgIpc) is 2.63. The number of aromatic nitrogens is 3. The maximum atomic E-state index is 12.1. The van der Waals surface area contributed by atoms with Crippen molar-refractivity contribution < 1.29 is 9.53 Å². The summed E-state index contributed by atoms with van der Waals surface area (Å²) < 4.78 is 4.97. The largest absolute Gasteiger partial charge is 0.375 e. The van der Waals surface area contributed by atoms with Crippen LogP contribution in [0.5, 0.6) is 0 Å². The Kier molecular flexibility index (Phi) is 5.78. The van der Waals surface area contributed by atoms with Gasteiger partial charge in [-0.25, -0.2) is 15.0 Å². The van der Waals surface area contributed by atoms with Crippen molar-refractivity contribution in [2.24, 2.45) is 0 Å². The number of piperidine rings is 1. The van der Waals surface area contributed by atoms with Crippen LogP contribution >= 0.6 is 0 Å². The Morgan fingerprint density at radius 1 is 1.38 bits per heavy atom. The number of amides is 1. The molecule has 7 nitrogen and oxygen atoms in total. The van der Waals surface area contributed by atoms with Gasteiger partial charge in [0.25, 0.3) is 0 Å². The Hall–Kier alpha value is -2.54. The molecule has 1 N–H and O–H groups in total. The normalized spacial score (nSPS) is 17.2. The first-order valence-electron chi connectivity index (χ1n) is 8.87. The fraction of sp³-hybridized carbons (Fsp3) is 0.474. The molecular formula is C19H25N5O2. The van der Waals surface area contributed by atoms with Crippen molar-refractivity contribution in [2.75, 3.05) is 32.1 Å². The Bertz CT molecular complexity index is 780. The first-order valence-corrected chi connectivity index (χ1v) is 8.87. The van der Waals surface area contributed by atoms with Gasteiger partial charge in [-0.15, -0.1) is 0 Å². The number of nitrogens with one attached hydrogen (secondary N) is 1. The molecule has 2 aromatic rings. The standard InChI is InChI=1S/C19H25N5O2/c1-13-6-4-8-20-18(13)22-16-10-14(2)21-19(23-16)15-7-5-9-24(11-15)17(25)12-26-3/h4,6,8,10,15H,5,7,9,11-12H2,1-3H3,(H,20,21,22,23)/t15-/m0/s1. The highest BCUT2D eigenvalue weighted by Gasteiger charge is 2.26. The Morgan fingerprint density at radius 2 is 2.23 bits per heavy atom. The lowest BCUT2D eigenvalue weighted by atomic mass is 9.97. The lowest BCUT2D eigenvalue weighted by molar-refractivity contribution is -0.136. The number of carbonyl (C=O) groups is 1. The van der Waals surface area contributed by atoms with Crippen molar-refractivity contribution in [3.05, 3.63) is 41.5 Å². The van der Waals surface area contributed by atoms with E-state index in [-0.39, 0.29) is 18.4 Å². The molecule has 1 aliphatic rings. The van der Waals surface area contributed by atoms with Gasteiger partial charge in [0.15, 0.2) is 0 Å². The number of hydrogen-bond acceptors (Lipinski definition) is 6. The maximum Gasteiger partial charge on any atom is 0.248 e. The molecule has 3 rings (SSSR count). The van der Waals surface area contributed by atoms with E-state index in [9.17, 15) is 4.79 Å². The van der Waals surface area contributed by atoms with Crippen LogP contribution in [-0.4, -0.2) is 52.6 Å². The first kappa shape index (κ1) is 18.3. The number of rotatable bonds is 5. The van der Waals surface area contributed by atoms with Crippen molar-refractivity contribution in [3.63, 3.8) is 0 Å². The predicted molar refractivity (Wildman–Crippen MR) is 99.5 cm³/mol. The van der Waals surface area contributed by atoms with Crippen LogP contribution in [-0.2, 0) is 9.53 Å². The monoisotopic (exact) mass is 355 g/mol. The lowest BCUT2D eigenvalue weighted by Crippen LogP contribution is -2.41. The number of ether oxygens (including phenoxy) is 1. The molecule has 1 aliphatic heterocycles. The molecule has 1 fully saturated rings. The Morgan fingerprint density at radius 3 is 3.00 bits per heavy atom. The van der Waals surface area contributed by atoms with Crippen molar-refractivity contribution >= 4 is 17.5 Å². The van der Waals surface area contributed by atoms with Crippen molar-refractivity contribution in [1.29, 1.82) is 0 Å². The first-order chi connectivity index (χ1) is 12.6. The van der Waals surface area contributed by atoms with E-state index in [1.807, 2.05) is 36.9 Å². The van der Waals surface area contributed by atoms with Crippen LogP contribution in [0.25, 0.3) is 0 Å². The fourth-order valence-corrected chi connectivity index (χ4v) is 3.21. The van der Waals surface area contributed by atoms with Gasteiger partial charge in [-0.2, -0.15) is 0 Å². The van der Waals surface area contributed by atoms with E-state index in [1.165, 1.54) is 0 Å². The Balaban J connectivity index is 1.79. The molecule has 1 saturated heterocycles. The Labute approximate surface area is 153 Å². The van der Waals surface area contributed by atoms with Crippen LogP contribution in [0.3, 0.4) is 0 Å². The summed E-state index contributed by atoms with van der Waals surface area (Å²) in [4.78, 5) is 27.7. The molecule has 2 aromatic heterocycles. The summed E-state index contributed by atoms with van der Waals surface area (Å²) in [6, 6.07) is 5.82. The van der Waals surface area contributed by atoms with Crippen LogP contribution in [0.15, 0.2) is 24.4 Å². The second-order valence-electron chi connectivity index (χ2n) is 6.66. The third kappa shape index (κ3) is 4.35. The molecule has 0 bridgehead atoms. The smallest absolute Gasteiger partial charge is 0.248 e. The molecule has 0 aromatic carbocycles. The second-order valence-corrected chi connectivity index (χ2v) is 6.66. The molecule has 138 valence electrons. The highest BCUT2D eigenvalue weighted by atomic mass is 16.5. The number of pyridine rings is 1. The topological polar surface area (TPSA) is 80.2 Å². The summed E-state index contributed by atoms with van der Waals surface area (Å²) in [6.45, 7) is 5.48. The maximum absolute atomic E-state index is 12.1. The molecule has 0 radical (unpaired) electrons. The SMILES string of the molecule is COCC(=O)N1CCC[C@H](c2nc(C)cc(Nc3ncccc3C)n2)C1. The van der Waals surface area contributed by atoms with E-state index >= 15 is 0 Å². The molecular weight excluding hydrogens is 330 g/mol. The summed E-state index contributed by atoms with van der Waals surface area (Å²) in [5.74, 6) is 2.45. The molecule has 1 atom stereocenters. The fourth-order valence-electron chi connectivity index (χ4n) is 3.21. The van der Waals surface area contributed by atoms with Gasteiger partial charge in [0.2, 0.25) is 5.91 Å². The number of methoxy groups -OCH3 is 1. The number of anilines is 2. The van der Waals surface area contributed by atoms with Crippen LogP contribution in [0, 0.1) is 13.8 Å². The summed E-state index contributed by atoms with van der Waals surface area (Å²) in [5, 5.41) is 3.28. The van der Waals surface area contributed by atoms with E-state index in [2.05, 4.69) is 15.3 Å². The summed E-state index contributed by atoms with van der Waals surface area (Å²) in [6.07, 6.45) is 3.67. The minimum absolute atomic E-state index is 0.0207. The molecule has 0 saturated carbocycles. The van der Waals surface area contributed by atoms with Crippen LogP contribution < -0.4 is 5.32 Å². The van der Waals surface area contributed by atoms with Gasteiger partial charge in [-0.3, -0.25) is 4.79 Å². The highest BCUT2D eigenvalue weighted by Crippen LogP contribution is 2.26. The number of carbonyl (C=O) groups excluding carboxylic acids is 1. The zero-order valence-electron chi connectivity index (χ0n) is 15.5. The molecule has 7 heteroatoms. The van der Waals surface area contributed by atoms with Crippen LogP contribution in [0.1, 0.15) is 35.8 Å². The van der Waals surface area contributed by atoms with Gasteiger partial charge >= 0.3 is 0 Å². The molecule has 0 aliphatic carbocycles. The van der Waals surface area contributed by atoms with E-state index in [0.717, 1.165) is 48.1 Å². The molecule has 26 heavy (non-hydrogen) atoms. The lowest BCUT2D eigenvalue weighted by Gasteiger charge is -2.32. The van der Waals surface area contributed by atoms with Crippen molar-refractivity contribution in [1.82, 2.24) is 19.9 Å². The summed E-state index contributed by atoms with van der Waals surface area (Å²) >= 11 is 0. The van der Waals surface area contributed by atoms with Crippen LogP contribution in [0.2, 0.25) is 0 Å². The van der Waals surface area contributed by atoms with E-state index in [1.54, 1.807) is 13.3 Å². The van der Waals surface area contributed by atoms with Gasteiger partial charge in [-0.05, 0) is 38.3 Å². The van der Waals surface area contributed by atoms with E-state index < -0.39 is 0 Å².